The van der Waals surface area contributed by atoms with Crippen molar-refractivity contribution in [2.24, 2.45) is 0 Å². The summed E-state index contributed by atoms with van der Waals surface area (Å²) in [6.07, 6.45) is 3.57. The lowest BCUT2D eigenvalue weighted by Gasteiger charge is -2.11. The van der Waals surface area contributed by atoms with Gasteiger partial charge in [0, 0.05) is 44.0 Å². The minimum Gasteiger partial charge on any atom is -0.493 e. The zero-order chi connectivity index (χ0) is 17.3. The standard InChI is InChI=1S/C19H23N5O/c1-25-17-8-4-10-23-19(17)24-14-12-20-11-13-21-16-7-2-5-15-6-3-9-22-18(15)16/h2-10,20-21H,11-14H2,1H3,(H,23,24). The third-order valence-electron chi connectivity index (χ3n) is 3.83. The Kier molecular flexibility index (Phi) is 6.01. The first-order valence-corrected chi connectivity index (χ1v) is 8.39. The van der Waals surface area contributed by atoms with Crippen LogP contribution < -0.4 is 20.7 Å². The van der Waals surface area contributed by atoms with E-state index in [1.165, 1.54) is 0 Å². The number of fused-ring (bicyclic) bond motifs is 1. The van der Waals surface area contributed by atoms with Crippen LogP contribution in [0.15, 0.2) is 54.9 Å². The van der Waals surface area contributed by atoms with Gasteiger partial charge in [0.15, 0.2) is 11.6 Å². The first-order chi connectivity index (χ1) is 12.4. The largest absolute Gasteiger partial charge is 0.493 e. The highest BCUT2D eigenvalue weighted by molar-refractivity contribution is 5.90. The Morgan fingerprint density at radius 2 is 1.60 bits per heavy atom. The smallest absolute Gasteiger partial charge is 0.168 e. The second kappa shape index (κ2) is 8.84. The lowest BCUT2D eigenvalue weighted by molar-refractivity contribution is 0.415. The highest BCUT2D eigenvalue weighted by atomic mass is 16.5. The Morgan fingerprint density at radius 1 is 0.840 bits per heavy atom. The molecule has 3 rings (SSSR count). The fourth-order valence-corrected chi connectivity index (χ4v) is 2.61. The first-order valence-electron chi connectivity index (χ1n) is 8.39. The van der Waals surface area contributed by atoms with Crippen LogP contribution in [0.25, 0.3) is 10.9 Å². The molecule has 6 nitrogen and oxygen atoms in total. The van der Waals surface area contributed by atoms with Gasteiger partial charge >= 0.3 is 0 Å². The van der Waals surface area contributed by atoms with E-state index in [1.54, 1.807) is 13.3 Å². The molecule has 0 aliphatic carbocycles. The van der Waals surface area contributed by atoms with Crippen LogP contribution in [-0.4, -0.2) is 43.3 Å². The van der Waals surface area contributed by atoms with Gasteiger partial charge in [0.25, 0.3) is 0 Å². The van der Waals surface area contributed by atoms with Crippen molar-refractivity contribution in [1.29, 1.82) is 0 Å². The predicted molar refractivity (Wildman–Crippen MR) is 102 cm³/mol. The molecule has 3 aromatic rings. The molecule has 0 spiro atoms. The molecular formula is C19H23N5O. The van der Waals surface area contributed by atoms with E-state index in [1.807, 2.05) is 30.5 Å². The number of rotatable bonds is 9. The van der Waals surface area contributed by atoms with E-state index in [0.717, 1.165) is 54.3 Å². The number of benzene rings is 1. The van der Waals surface area contributed by atoms with Gasteiger partial charge < -0.3 is 20.7 Å². The Morgan fingerprint density at radius 3 is 2.48 bits per heavy atom. The maximum Gasteiger partial charge on any atom is 0.168 e. The van der Waals surface area contributed by atoms with Crippen LogP contribution in [0.3, 0.4) is 0 Å². The number of nitrogens with zero attached hydrogens (tertiary/aromatic N) is 2. The van der Waals surface area contributed by atoms with Crippen LogP contribution in [0, 0.1) is 0 Å². The SMILES string of the molecule is COc1cccnc1NCCNCCNc1cccc2cccnc12. The van der Waals surface area contributed by atoms with Gasteiger partial charge in [-0.25, -0.2) is 4.98 Å². The van der Waals surface area contributed by atoms with Crippen LogP contribution in [0.5, 0.6) is 5.75 Å². The molecule has 0 saturated heterocycles. The van der Waals surface area contributed by atoms with E-state index in [2.05, 4.69) is 44.1 Å². The van der Waals surface area contributed by atoms with E-state index >= 15 is 0 Å². The molecule has 2 aromatic heterocycles. The molecule has 0 radical (unpaired) electrons. The van der Waals surface area contributed by atoms with Crippen molar-refractivity contribution in [2.75, 3.05) is 43.9 Å². The maximum absolute atomic E-state index is 5.26. The zero-order valence-corrected chi connectivity index (χ0v) is 14.3. The summed E-state index contributed by atoms with van der Waals surface area (Å²) in [7, 11) is 1.65. The average molecular weight is 337 g/mol. The fourth-order valence-electron chi connectivity index (χ4n) is 2.61. The van der Waals surface area contributed by atoms with E-state index in [9.17, 15) is 0 Å². The van der Waals surface area contributed by atoms with Gasteiger partial charge in [-0.1, -0.05) is 18.2 Å². The van der Waals surface area contributed by atoms with Crippen molar-refractivity contribution in [1.82, 2.24) is 15.3 Å². The monoisotopic (exact) mass is 337 g/mol. The van der Waals surface area contributed by atoms with Crippen molar-refractivity contribution in [3.8, 4) is 5.75 Å². The summed E-state index contributed by atoms with van der Waals surface area (Å²) in [5.74, 6) is 1.53. The molecule has 0 aliphatic rings. The minimum atomic E-state index is 0.757. The van der Waals surface area contributed by atoms with Crippen LogP contribution in [0.2, 0.25) is 0 Å². The Bertz CT molecular complexity index is 803. The molecule has 130 valence electrons. The molecule has 3 N–H and O–H groups in total. The van der Waals surface area contributed by atoms with Gasteiger partial charge in [-0.3, -0.25) is 4.98 Å². The molecule has 0 bridgehead atoms. The fraction of sp³-hybridized carbons (Fsp3) is 0.263. The van der Waals surface area contributed by atoms with Gasteiger partial charge in [0.1, 0.15) is 0 Å². The van der Waals surface area contributed by atoms with Gasteiger partial charge in [-0.2, -0.15) is 0 Å². The van der Waals surface area contributed by atoms with Crippen LogP contribution >= 0.6 is 0 Å². The molecule has 0 fully saturated rings. The van der Waals surface area contributed by atoms with Gasteiger partial charge in [0.2, 0.25) is 0 Å². The summed E-state index contributed by atoms with van der Waals surface area (Å²) in [5, 5.41) is 11.2. The minimum absolute atomic E-state index is 0.757. The van der Waals surface area contributed by atoms with Gasteiger partial charge in [-0.05, 0) is 24.3 Å². The second-order valence-electron chi connectivity index (χ2n) is 5.54. The molecule has 0 atom stereocenters. The lowest BCUT2D eigenvalue weighted by atomic mass is 10.2. The number of methoxy groups -OCH3 is 1. The number of hydrogen-bond acceptors (Lipinski definition) is 6. The van der Waals surface area contributed by atoms with Crippen molar-refractivity contribution in [3.05, 3.63) is 54.9 Å². The summed E-state index contributed by atoms with van der Waals surface area (Å²) in [6, 6.07) is 14.0. The Balaban J connectivity index is 1.38. The van der Waals surface area contributed by atoms with E-state index < -0.39 is 0 Å². The summed E-state index contributed by atoms with van der Waals surface area (Å²) < 4.78 is 5.26. The van der Waals surface area contributed by atoms with Gasteiger partial charge in [0.05, 0.1) is 18.3 Å². The maximum atomic E-state index is 5.26. The van der Waals surface area contributed by atoms with E-state index in [4.69, 9.17) is 4.74 Å². The van der Waals surface area contributed by atoms with Crippen molar-refractivity contribution >= 4 is 22.4 Å². The van der Waals surface area contributed by atoms with Crippen molar-refractivity contribution in [3.63, 3.8) is 0 Å². The number of nitrogens with one attached hydrogen (secondary N) is 3. The highest BCUT2D eigenvalue weighted by Crippen LogP contribution is 2.20. The lowest BCUT2D eigenvalue weighted by Crippen LogP contribution is -2.27. The molecule has 0 saturated carbocycles. The number of ether oxygens (including phenoxy) is 1. The van der Waals surface area contributed by atoms with Crippen molar-refractivity contribution in [2.45, 2.75) is 0 Å². The summed E-state index contributed by atoms with van der Waals surface area (Å²) in [6.45, 7) is 3.32. The Labute approximate surface area is 147 Å². The molecule has 0 aliphatic heterocycles. The van der Waals surface area contributed by atoms with Crippen LogP contribution in [0.4, 0.5) is 11.5 Å². The normalized spacial score (nSPS) is 10.6. The van der Waals surface area contributed by atoms with Crippen molar-refractivity contribution < 1.29 is 4.74 Å². The third-order valence-corrected chi connectivity index (χ3v) is 3.83. The zero-order valence-electron chi connectivity index (χ0n) is 14.3. The topological polar surface area (TPSA) is 71.1 Å². The molecular weight excluding hydrogens is 314 g/mol. The predicted octanol–water partition coefficient (Wildman–Crippen LogP) is 2.75. The van der Waals surface area contributed by atoms with Crippen LogP contribution in [-0.2, 0) is 0 Å². The van der Waals surface area contributed by atoms with Crippen LogP contribution in [0.1, 0.15) is 0 Å². The molecule has 0 amide bonds. The summed E-state index contributed by atoms with van der Waals surface area (Å²) >= 11 is 0. The molecule has 6 heteroatoms. The number of pyridine rings is 2. The number of aromatic nitrogens is 2. The Hall–Kier alpha value is -2.86. The van der Waals surface area contributed by atoms with E-state index in [-0.39, 0.29) is 0 Å². The number of hydrogen-bond donors (Lipinski definition) is 3. The molecule has 0 unspecified atom stereocenters. The van der Waals surface area contributed by atoms with Gasteiger partial charge in [-0.15, -0.1) is 0 Å². The third kappa shape index (κ3) is 4.58. The number of anilines is 2. The second-order valence-corrected chi connectivity index (χ2v) is 5.54. The molecule has 25 heavy (non-hydrogen) atoms. The highest BCUT2D eigenvalue weighted by Gasteiger charge is 2.02. The molecule has 1 aromatic carbocycles. The van der Waals surface area contributed by atoms with E-state index in [0.29, 0.717) is 0 Å². The summed E-state index contributed by atoms with van der Waals surface area (Å²) in [4.78, 5) is 8.72. The average Bonchev–Trinajstić information content (AvgIpc) is 2.67. The molecule has 2 heterocycles. The summed E-state index contributed by atoms with van der Waals surface area (Å²) in [5.41, 5.74) is 2.07. The first kappa shape index (κ1) is 17.0. The number of para-hydroxylation sites is 1. The quantitative estimate of drug-likeness (QED) is 0.522.